The van der Waals surface area contributed by atoms with E-state index in [4.69, 9.17) is 15.4 Å². The zero-order valence-electron chi connectivity index (χ0n) is 14.3. The van der Waals surface area contributed by atoms with Gasteiger partial charge in [-0.2, -0.15) is 4.98 Å². The molecular weight excluding hydrogens is 326 g/mol. The average Bonchev–Trinajstić information content (AvgIpc) is 3.05. The van der Waals surface area contributed by atoms with Crippen LogP contribution in [0.5, 0.6) is 0 Å². The van der Waals surface area contributed by atoms with E-state index in [1.807, 2.05) is 4.90 Å². The van der Waals surface area contributed by atoms with Gasteiger partial charge >= 0.3 is 0 Å². The summed E-state index contributed by atoms with van der Waals surface area (Å²) < 4.78 is 5.10. The molecule has 9 heteroatoms. The van der Waals surface area contributed by atoms with E-state index < -0.39 is 5.91 Å². The first kappa shape index (κ1) is 17.8. The van der Waals surface area contributed by atoms with Gasteiger partial charge in [0.05, 0.1) is 6.54 Å². The maximum absolute atomic E-state index is 12.1. The van der Waals surface area contributed by atoms with Crippen molar-refractivity contribution in [3.05, 3.63) is 11.7 Å². The van der Waals surface area contributed by atoms with Crippen molar-refractivity contribution in [1.29, 1.82) is 0 Å². The summed E-state index contributed by atoms with van der Waals surface area (Å²) in [6.45, 7) is 3.70. The Hall–Kier alpha value is -2.00. The van der Waals surface area contributed by atoms with Crippen LogP contribution < -0.4 is 5.73 Å². The molecule has 138 valence electrons. The number of nitrogens with two attached hydrogens (primary N) is 1. The summed E-state index contributed by atoms with van der Waals surface area (Å²) in [4.78, 5) is 31.3. The highest BCUT2D eigenvalue weighted by atomic mass is 16.5. The molecule has 2 saturated heterocycles. The molecule has 3 rings (SSSR count). The van der Waals surface area contributed by atoms with Crippen molar-refractivity contribution in [2.24, 2.45) is 11.1 Å². The molecule has 2 fully saturated rings. The lowest BCUT2D eigenvalue weighted by molar-refractivity contribution is -0.139. The van der Waals surface area contributed by atoms with Crippen molar-refractivity contribution in [2.75, 3.05) is 32.8 Å². The van der Waals surface area contributed by atoms with Crippen molar-refractivity contribution in [3.63, 3.8) is 0 Å². The SMILES string of the molecule is NC(=O)c1noc(CN2CCCC3(CCC(=O)N(CCCO)C3)C2)n1. The first-order valence-electron chi connectivity index (χ1n) is 8.75. The Balaban J connectivity index is 1.63. The van der Waals surface area contributed by atoms with Gasteiger partial charge in [0.25, 0.3) is 11.7 Å². The van der Waals surface area contributed by atoms with Crippen LogP contribution >= 0.6 is 0 Å². The van der Waals surface area contributed by atoms with E-state index in [2.05, 4.69) is 15.0 Å². The summed E-state index contributed by atoms with van der Waals surface area (Å²) in [5, 5.41) is 12.6. The summed E-state index contributed by atoms with van der Waals surface area (Å²) in [6.07, 6.45) is 4.19. The molecule has 3 N–H and O–H groups in total. The highest BCUT2D eigenvalue weighted by Gasteiger charge is 2.41. The molecule has 0 saturated carbocycles. The number of aliphatic hydroxyl groups is 1. The monoisotopic (exact) mass is 351 g/mol. The van der Waals surface area contributed by atoms with E-state index in [0.29, 0.717) is 31.8 Å². The normalized spacial score (nSPS) is 24.8. The minimum absolute atomic E-state index is 0.0775. The van der Waals surface area contributed by atoms with E-state index in [0.717, 1.165) is 38.9 Å². The maximum Gasteiger partial charge on any atom is 0.290 e. The van der Waals surface area contributed by atoms with Crippen molar-refractivity contribution in [1.82, 2.24) is 19.9 Å². The molecule has 0 bridgehead atoms. The smallest absolute Gasteiger partial charge is 0.290 e. The van der Waals surface area contributed by atoms with Crippen LogP contribution in [0.15, 0.2) is 4.52 Å². The first-order valence-corrected chi connectivity index (χ1v) is 8.75. The number of likely N-dealkylation sites (tertiary alicyclic amines) is 2. The first-order chi connectivity index (χ1) is 12.0. The number of primary amides is 1. The minimum atomic E-state index is -0.699. The Morgan fingerprint density at radius 3 is 2.92 bits per heavy atom. The summed E-state index contributed by atoms with van der Waals surface area (Å²) in [6, 6.07) is 0. The van der Waals surface area contributed by atoms with E-state index >= 15 is 0 Å². The molecule has 3 heterocycles. The summed E-state index contributed by atoms with van der Waals surface area (Å²) in [5.74, 6) is -0.232. The molecule has 1 atom stereocenters. The number of amides is 2. The van der Waals surface area contributed by atoms with Crippen molar-refractivity contribution >= 4 is 11.8 Å². The Morgan fingerprint density at radius 2 is 2.20 bits per heavy atom. The highest BCUT2D eigenvalue weighted by Crippen LogP contribution is 2.39. The van der Waals surface area contributed by atoms with Crippen LogP contribution in [0.25, 0.3) is 0 Å². The third-order valence-electron chi connectivity index (χ3n) is 5.12. The summed E-state index contributed by atoms with van der Waals surface area (Å²) in [5.41, 5.74) is 5.22. The number of nitrogens with zero attached hydrogens (tertiary/aromatic N) is 4. The van der Waals surface area contributed by atoms with Gasteiger partial charge < -0.3 is 20.3 Å². The van der Waals surface area contributed by atoms with Gasteiger partial charge in [-0.15, -0.1) is 0 Å². The van der Waals surface area contributed by atoms with Gasteiger partial charge in [-0.3, -0.25) is 14.5 Å². The Labute approximate surface area is 146 Å². The fraction of sp³-hybridized carbons (Fsp3) is 0.750. The number of carbonyl (C=O) groups excluding carboxylic acids is 2. The molecule has 2 amide bonds. The van der Waals surface area contributed by atoms with E-state index in [1.165, 1.54) is 0 Å². The maximum atomic E-state index is 12.1. The van der Waals surface area contributed by atoms with E-state index in [9.17, 15) is 9.59 Å². The fourth-order valence-electron chi connectivity index (χ4n) is 3.96. The van der Waals surface area contributed by atoms with Gasteiger partial charge in [0.2, 0.25) is 11.8 Å². The van der Waals surface area contributed by atoms with E-state index in [-0.39, 0.29) is 23.8 Å². The zero-order chi connectivity index (χ0) is 17.9. The van der Waals surface area contributed by atoms with Gasteiger partial charge in [-0.05, 0) is 32.2 Å². The standard InChI is InChI=1S/C16H25N5O4/c17-14(24)15-18-12(25-19-15)9-20-6-1-4-16(10-20)5-3-13(23)21(11-16)7-2-8-22/h22H,1-11H2,(H2,17,24). The topological polar surface area (TPSA) is 126 Å². The van der Waals surface area contributed by atoms with Crippen LogP contribution in [0.3, 0.4) is 0 Å². The third kappa shape index (κ3) is 4.16. The second-order valence-corrected chi connectivity index (χ2v) is 7.08. The quantitative estimate of drug-likeness (QED) is 0.724. The molecule has 0 aliphatic carbocycles. The summed E-state index contributed by atoms with van der Waals surface area (Å²) in [7, 11) is 0. The second-order valence-electron chi connectivity index (χ2n) is 7.08. The largest absolute Gasteiger partial charge is 0.396 e. The lowest BCUT2D eigenvalue weighted by Crippen LogP contribution is -2.54. The van der Waals surface area contributed by atoms with Gasteiger partial charge in [-0.1, -0.05) is 5.16 Å². The lowest BCUT2D eigenvalue weighted by atomic mass is 9.73. The van der Waals surface area contributed by atoms with Crippen molar-refractivity contribution in [2.45, 2.75) is 38.6 Å². The number of carbonyl (C=O) groups is 2. The number of hydrogen-bond acceptors (Lipinski definition) is 7. The van der Waals surface area contributed by atoms with Gasteiger partial charge in [0.1, 0.15) is 0 Å². The Kier molecular flexibility index (Phi) is 5.33. The number of aliphatic hydroxyl groups excluding tert-OH is 1. The molecule has 0 radical (unpaired) electrons. The fourth-order valence-corrected chi connectivity index (χ4v) is 3.96. The summed E-state index contributed by atoms with van der Waals surface area (Å²) >= 11 is 0. The molecule has 9 nitrogen and oxygen atoms in total. The zero-order valence-corrected chi connectivity index (χ0v) is 14.3. The Bertz CT molecular complexity index is 634. The van der Waals surface area contributed by atoms with E-state index in [1.54, 1.807) is 0 Å². The van der Waals surface area contributed by atoms with Crippen LogP contribution in [0.4, 0.5) is 0 Å². The van der Waals surface area contributed by atoms with Gasteiger partial charge in [0, 0.05) is 38.1 Å². The molecule has 1 unspecified atom stereocenters. The second kappa shape index (κ2) is 7.49. The van der Waals surface area contributed by atoms with Crippen LogP contribution in [0, 0.1) is 5.41 Å². The number of piperidine rings is 2. The van der Waals surface area contributed by atoms with Crippen LogP contribution in [-0.4, -0.2) is 69.6 Å². The van der Waals surface area contributed by atoms with Crippen molar-refractivity contribution < 1.29 is 19.2 Å². The van der Waals surface area contributed by atoms with Crippen LogP contribution in [0.2, 0.25) is 0 Å². The lowest BCUT2D eigenvalue weighted by Gasteiger charge is -2.48. The average molecular weight is 351 g/mol. The van der Waals surface area contributed by atoms with Crippen LogP contribution in [-0.2, 0) is 11.3 Å². The van der Waals surface area contributed by atoms with Gasteiger partial charge in [0.15, 0.2) is 0 Å². The molecule has 1 spiro atoms. The third-order valence-corrected chi connectivity index (χ3v) is 5.12. The molecule has 1 aromatic rings. The number of hydrogen-bond donors (Lipinski definition) is 2. The highest BCUT2D eigenvalue weighted by molar-refractivity contribution is 5.88. The molecule has 2 aliphatic rings. The van der Waals surface area contributed by atoms with Crippen molar-refractivity contribution in [3.8, 4) is 0 Å². The molecular formula is C16H25N5O4. The molecule has 25 heavy (non-hydrogen) atoms. The van der Waals surface area contributed by atoms with Gasteiger partial charge in [-0.25, -0.2) is 0 Å². The Morgan fingerprint density at radius 1 is 1.36 bits per heavy atom. The van der Waals surface area contributed by atoms with Crippen LogP contribution in [0.1, 0.15) is 48.6 Å². The number of aromatic nitrogens is 2. The number of rotatable bonds is 6. The molecule has 1 aromatic heterocycles. The minimum Gasteiger partial charge on any atom is -0.396 e. The molecule has 2 aliphatic heterocycles. The predicted octanol–water partition coefficient (Wildman–Crippen LogP) is -0.245. The molecule has 0 aromatic carbocycles. The predicted molar refractivity (Wildman–Crippen MR) is 87.3 cm³/mol.